The minimum Gasteiger partial charge on any atom is -0.456 e. The summed E-state index contributed by atoms with van der Waals surface area (Å²) in [6.07, 6.45) is 3.37. The van der Waals surface area contributed by atoms with E-state index >= 15 is 0 Å². The zero-order valence-corrected chi connectivity index (χ0v) is 14.8. The Balaban J connectivity index is 1.75. The number of pyridine rings is 1. The molecule has 3 aromatic rings. The Labute approximate surface area is 151 Å². The first-order valence-electron chi connectivity index (χ1n) is 8.02. The van der Waals surface area contributed by atoms with Crippen molar-refractivity contribution < 1.29 is 8.95 Å². The first-order valence-corrected chi connectivity index (χ1v) is 8.76. The number of hydrogen-bond donors (Lipinski definition) is 1. The van der Waals surface area contributed by atoms with E-state index in [1.54, 1.807) is 12.4 Å². The molecule has 0 atom stereocenters. The average molecular weight is 351 g/mol. The van der Waals surface area contributed by atoms with Gasteiger partial charge < -0.3 is 10.1 Å². The molecule has 0 saturated heterocycles. The topological polar surface area (TPSA) is 51.2 Å². The number of benzene rings is 2. The summed E-state index contributed by atoms with van der Waals surface area (Å²) in [5.41, 5.74) is 3.06. The van der Waals surface area contributed by atoms with Gasteiger partial charge in [0.05, 0.1) is 6.20 Å². The lowest BCUT2D eigenvalue weighted by molar-refractivity contribution is 0.478. The van der Waals surface area contributed by atoms with Crippen molar-refractivity contribution in [2.24, 2.45) is 0 Å². The molecule has 0 aliphatic carbocycles. The van der Waals surface area contributed by atoms with Gasteiger partial charge in [-0.2, -0.15) is 0 Å². The molecule has 4 nitrogen and oxygen atoms in total. The second-order valence-electron chi connectivity index (χ2n) is 5.69. The third-order valence-corrected chi connectivity index (χ3v) is 4.52. The van der Waals surface area contributed by atoms with Gasteiger partial charge in [-0.25, -0.2) is 0 Å². The minimum atomic E-state index is 0.525. The number of rotatable bonds is 7. The Morgan fingerprint density at radius 1 is 1.04 bits per heavy atom. The van der Waals surface area contributed by atoms with E-state index in [0.29, 0.717) is 29.7 Å². The lowest BCUT2D eigenvalue weighted by Crippen LogP contribution is -2.14. The van der Waals surface area contributed by atoms with E-state index in [0.717, 1.165) is 22.6 Å². The molecule has 25 heavy (non-hydrogen) atoms. The highest BCUT2D eigenvalue weighted by Gasteiger charge is 2.20. The van der Waals surface area contributed by atoms with E-state index in [1.807, 2.05) is 49.4 Å². The van der Waals surface area contributed by atoms with Crippen molar-refractivity contribution in [1.82, 2.24) is 10.3 Å². The lowest BCUT2D eigenvalue weighted by atomic mass is 10.1. The summed E-state index contributed by atoms with van der Waals surface area (Å²) in [4.78, 5) is 4.80. The molecule has 0 unspecified atom stereocenters. The van der Waals surface area contributed by atoms with Crippen molar-refractivity contribution >= 4 is 11.7 Å². The Hall–Kier alpha value is -2.63. The third kappa shape index (κ3) is 4.68. The van der Waals surface area contributed by atoms with Gasteiger partial charge in [0.15, 0.2) is 0 Å². The summed E-state index contributed by atoms with van der Waals surface area (Å²) in [6, 6.07) is 17.7. The Morgan fingerprint density at radius 2 is 1.88 bits per heavy atom. The molecule has 1 aromatic heterocycles. The first-order chi connectivity index (χ1) is 12.3. The highest BCUT2D eigenvalue weighted by Crippen LogP contribution is 2.27. The summed E-state index contributed by atoms with van der Waals surface area (Å²) in [7, 11) is 0. The molecule has 3 rings (SSSR count). The van der Waals surface area contributed by atoms with Gasteiger partial charge in [0, 0.05) is 34.6 Å². The monoisotopic (exact) mass is 351 g/mol. The number of nitrogens with one attached hydrogen (secondary N) is 1. The Kier molecular flexibility index (Phi) is 5.82. The highest BCUT2D eigenvalue weighted by molar-refractivity contribution is 7.65. The van der Waals surface area contributed by atoms with Crippen LogP contribution in [0.15, 0.2) is 71.9 Å². The van der Waals surface area contributed by atoms with Crippen molar-refractivity contribution in [3.8, 4) is 11.5 Å². The van der Waals surface area contributed by atoms with Crippen LogP contribution in [-0.4, -0.2) is 4.98 Å². The van der Waals surface area contributed by atoms with Gasteiger partial charge >= 0.3 is 11.7 Å². The second kappa shape index (κ2) is 8.46. The van der Waals surface area contributed by atoms with Crippen LogP contribution in [0, 0.1) is 6.92 Å². The van der Waals surface area contributed by atoms with Crippen LogP contribution in [0.3, 0.4) is 0 Å². The number of nitrogens with zero attached hydrogens (tertiary/aromatic N) is 1. The van der Waals surface area contributed by atoms with Crippen molar-refractivity contribution in [3.05, 3.63) is 83.7 Å². The highest BCUT2D eigenvalue weighted by atomic mass is 32.1. The van der Waals surface area contributed by atoms with Crippen LogP contribution in [-0.2, 0) is 29.0 Å². The number of hydrogen-bond acceptors (Lipinski definition) is 4. The largest absolute Gasteiger partial charge is 0.505 e. The molecule has 0 amide bonds. The van der Waals surface area contributed by atoms with Gasteiger partial charge in [-0.05, 0) is 36.8 Å². The number of ether oxygens (including phenoxy) is 1. The molecule has 0 spiro atoms. The molecule has 0 radical (unpaired) electrons. The maximum atomic E-state index is 11.5. The van der Waals surface area contributed by atoms with Crippen LogP contribution in [0.5, 0.6) is 11.5 Å². The molecule has 1 N–H and O–H groups in total. The summed E-state index contributed by atoms with van der Waals surface area (Å²) in [5.74, 6) is 1.38. The molecule has 0 aliphatic heterocycles. The first kappa shape index (κ1) is 17.2. The zero-order chi connectivity index (χ0) is 17.5. The second-order valence-corrected chi connectivity index (χ2v) is 6.27. The van der Waals surface area contributed by atoms with Gasteiger partial charge in [-0.1, -0.05) is 30.3 Å². The fourth-order valence-corrected chi connectivity index (χ4v) is 3.03. The van der Waals surface area contributed by atoms with Crippen molar-refractivity contribution in [2.45, 2.75) is 24.9 Å². The molecule has 5 heteroatoms. The van der Waals surface area contributed by atoms with Crippen molar-refractivity contribution in [3.63, 3.8) is 0 Å². The van der Waals surface area contributed by atoms with Crippen molar-refractivity contribution in [1.29, 1.82) is 0 Å². The molecular weight excluding hydrogens is 332 g/mol. The fourth-order valence-electron chi connectivity index (χ4n) is 2.60. The van der Waals surface area contributed by atoms with Gasteiger partial charge in [0.1, 0.15) is 11.5 Å². The molecule has 0 aliphatic rings. The Morgan fingerprint density at radius 3 is 2.60 bits per heavy atom. The normalized spacial score (nSPS) is 10.4. The predicted molar refractivity (Wildman–Crippen MR) is 98.8 cm³/mol. The minimum absolute atomic E-state index is 0.525. The van der Waals surface area contributed by atoms with E-state index in [4.69, 9.17) is 4.74 Å². The smallest absolute Gasteiger partial charge is 0.456 e. The molecule has 0 saturated carbocycles. The van der Waals surface area contributed by atoms with E-state index in [2.05, 4.69) is 22.4 Å². The molecule has 0 fully saturated rings. The van der Waals surface area contributed by atoms with E-state index in [1.165, 1.54) is 5.56 Å². The predicted octanol–water partition coefficient (Wildman–Crippen LogP) is 4.26. The van der Waals surface area contributed by atoms with Crippen LogP contribution in [0.25, 0.3) is 0 Å². The van der Waals surface area contributed by atoms with Gasteiger partial charge in [0.25, 0.3) is 4.90 Å². The van der Waals surface area contributed by atoms with Crippen LogP contribution < -0.4 is 10.1 Å². The average Bonchev–Trinajstić information content (AvgIpc) is 2.63. The van der Waals surface area contributed by atoms with Crippen LogP contribution in [0.1, 0.15) is 16.7 Å². The molecule has 0 bridgehead atoms. The summed E-state index contributed by atoms with van der Waals surface area (Å²) < 4.78 is 17.4. The summed E-state index contributed by atoms with van der Waals surface area (Å²) >= 11 is 0.525. The maximum Gasteiger partial charge on any atom is 0.505 e. The quantitative estimate of drug-likeness (QED) is 0.646. The van der Waals surface area contributed by atoms with Crippen LogP contribution in [0.4, 0.5) is 0 Å². The summed E-state index contributed by atoms with van der Waals surface area (Å²) in [5, 5.41) is 3.39. The number of aromatic nitrogens is 1. The molecular formula is C20H19N2O2S+. The SMILES string of the molecule is Cc1cc(Oc2cccnc2)cc(CNCc2ccccc2)c1[S+]=O. The third-order valence-electron chi connectivity index (χ3n) is 3.77. The lowest BCUT2D eigenvalue weighted by Gasteiger charge is -2.09. The zero-order valence-electron chi connectivity index (χ0n) is 13.9. The van der Waals surface area contributed by atoms with Crippen LogP contribution in [0.2, 0.25) is 0 Å². The van der Waals surface area contributed by atoms with E-state index in [9.17, 15) is 4.21 Å². The summed E-state index contributed by atoms with van der Waals surface area (Å²) in [6.45, 7) is 3.28. The molecule has 1 heterocycles. The standard InChI is InChI=1S/C20H19N2O2S/c1-15-10-19(24-18-8-5-9-21-14-18)11-17(20(15)25-23)13-22-12-16-6-3-2-4-7-16/h2-11,14,22H,12-13H2,1H3/q+1. The van der Waals surface area contributed by atoms with E-state index < -0.39 is 0 Å². The van der Waals surface area contributed by atoms with Gasteiger partial charge in [-0.3, -0.25) is 4.98 Å². The fraction of sp³-hybridized carbons (Fsp3) is 0.150. The molecule has 2 aromatic carbocycles. The number of aryl methyl sites for hydroxylation is 1. The molecule has 126 valence electrons. The van der Waals surface area contributed by atoms with Crippen LogP contribution >= 0.6 is 0 Å². The Bertz CT molecular complexity index is 839. The van der Waals surface area contributed by atoms with E-state index in [-0.39, 0.29) is 0 Å². The van der Waals surface area contributed by atoms with Crippen molar-refractivity contribution in [2.75, 3.05) is 0 Å². The maximum absolute atomic E-state index is 11.5. The van der Waals surface area contributed by atoms with Gasteiger partial charge in [0.2, 0.25) is 0 Å². The van der Waals surface area contributed by atoms with Gasteiger partial charge in [-0.15, -0.1) is 0 Å².